The maximum atomic E-state index is 13.4. The average Bonchev–Trinajstić information content (AvgIpc) is 2.61. The van der Waals surface area contributed by atoms with Gasteiger partial charge in [-0.15, -0.1) is 0 Å². The van der Waals surface area contributed by atoms with Crippen molar-refractivity contribution in [1.82, 2.24) is 5.32 Å². The predicted octanol–water partition coefficient (Wildman–Crippen LogP) is 3.76. The maximum Gasteiger partial charge on any atom is 0.244 e. The van der Waals surface area contributed by atoms with Gasteiger partial charge in [0, 0.05) is 29.7 Å². The lowest BCUT2D eigenvalue weighted by atomic mass is 10.1. The zero-order valence-corrected chi connectivity index (χ0v) is 13.9. The van der Waals surface area contributed by atoms with Gasteiger partial charge in [-0.05, 0) is 23.8 Å². The smallest absolute Gasteiger partial charge is 0.244 e. The zero-order chi connectivity index (χ0) is 17.2. The van der Waals surface area contributed by atoms with Gasteiger partial charge in [-0.2, -0.15) is 17.0 Å². The largest absolute Gasteiger partial charge is 0.352 e. The number of hydrogen-bond acceptors (Lipinski definition) is 3. The highest BCUT2D eigenvalue weighted by atomic mass is 32.2. The Bertz CT molecular complexity index is 768. The third-order valence-electron chi connectivity index (χ3n) is 3.26. The molecule has 0 bridgehead atoms. The van der Waals surface area contributed by atoms with E-state index in [9.17, 15) is 9.18 Å². The number of nitrogens with one attached hydrogen (secondary N) is 1. The third kappa shape index (κ3) is 5.56. The summed E-state index contributed by atoms with van der Waals surface area (Å²) < 4.78 is 13.4. The highest BCUT2D eigenvalue weighted by Gasteiger charge is 2.01. The molecule has 0 unspecified atom stereocenters. The molecular weight excluding hydrogens is 323 g/mol. The van der Waals surface area contributed by atoms with E-state index in [4.69, 9.17) is 5.26 Å². The number of amides is 1. The van der Waals surface area contributed by atoms with Crippen LogP contribution in [0.3, 0.4) is 0 Å². The summed E-state index contributed by atoms with van der Waals surface area (Å²) in [7, 11) is 0. The van der Waals surface area contributed by atoms with Gasteiger partial charge in [-0.25, -0.2) is 4.39 Å². The van der Waals surface area contributed by atoms with E-state index >= 15 is 0 Å². The molecule has 2 aromatic carbocycles. The normalized spacial score (nSPS) is 10.5. The molecule has 0 fully saturated rings. The first-order valence-corrected chi connectivity index (χ1v) is 8.62. The van der Waals surface area contributed by atoms with Crippen LogP contribution in [0.15, 0.2) is 54.6 Å². The fourth-order valence-corrected chi connectivity index (χ4v) is 2.88. The predicted molar refractivity (Wildman–Crippen MR) is 95.8 cm³/mol. The fourth-order valence-electron chi connectivity index (χ4n) is 2.02. The minimum absolute atomic E-state index is 0.253. The second-order valence-electron chi connectivity index (χ2n) is 4.97. The molecule has 0 radical (unpaired) electrons. The number of halogens is 1. The molecule has 0 aliphatic heterocycles. The Hall–Kier alpha value is -2.58. The molecule has 1 amide bonds. The van der Waals surface area contributed by atoms with Gasteiger partial charge in [0.2, 0.25) is 5.91 Å². The Morgan fingerprint density at radius 1 is 1.21 bits per heavy atom. The quantitative estimate of drug-likeness (QED) is 0.617. The number of nitriles is 1. The molecule has 2 aromatic rings. The average molecular weight is 340 g/mol. The molecule has 122 valence electrons. The first-order chi connectivity index (χ1) is 11.7. The molecule has 0 saturated carbocycles. The van der Waals surface area contributed by atoms with Gasteiger partial charge in [0.05, 0.1) is 11.6 Å². The third-order valence-corrected chi connectivity index (χ3v) is 4.27. The van der Waals surface area contributed by atoms with Crippen molar-refractivity contribution < 1.29 is 9.18 Å². The van der Waals surface area contributed by atoms with Crippen LogP contribution in [0.25, 0.3) is 6.08 Å². The second kappa shape index (κ2) is 9.53. The summed E-state index contributed by atoms with van der Waals surface area (Å²) in [5.41, 5.74) is 2.06. The van der Waals surface area contributed by atoms with Gasteiger partial charge in [-0.1, -0.05) is 36.4 Å². The number of hydrogen-bond donors (Lipinski definition) is 1. The Balaban J connectivity index is 1.70. The van der Waals surface area contributed by atoms with Crippen LogP contribution in [0.5, 0.6) is 0 Å². The lowest BCUT2D eigenvalue weighted by molar-refractivity contribution is -0.116. The van der Waals surface area contributed by atoms with Crippen molar-refractivity contribution in [2.45, 2.75) is 5.75 Å². The standard InChI is InChI=1S/C19H17FN2OS/c20-18-8-4-3-5-15(18)9-10-19(23)22-11-12-24-14-17-7-2-1-6-16(17)13-21/h1-10H,11-12,14H2,(H,22,23)/b10-9+. The van der Waals surface area contributed by atoms with Gasteiger partial charge >= 0.3 is 0 Å². The van der Waals surface area contributed by atoms with Crippen LogP contribution in [0.4, 0.5) is 4.39 Å². The molecule has 2 rings (SSSR count). The van der Waals surface area contributed by atoms with Crippen molar-refractivity contribution in [2.75, 3.05) is 12.3 Å². The molecule has 24 heavy (non-hydrogen) atoms. The summed E-state index contributed by atoms with van der Waals surface area (Å²) in [6.07, 6.45) is 2.79. The number of nitrogens with zero attached hydrogens (tertiary/aromatic N) is 1. The molecule has 0 spiro atoms. The van der Waals surface area contributed by atoms with Crippen molar-refractivity contribution in [1.29, 1.82) is 5.26 Å². The first kappa shape index (κ1) is 17.8. The SMILES string of the molecule is N#Cc1ccccc1CSCCNC(=O)/C=C/c1ccccc1F. The van der Waals surface area contributed by atoms with Crippen LogP contribution in [-0.2, 0) is 10.5 Å². The molecule has 5 heteroatoms. The molecule has 0 aliphatic carbocycles. The van der Waals surface area contributed by atoms with Crippen LogP contribution in [0, 0.1) is 17.1 Å². The Labute approximate surface area is 145 Å². The van der Waals surface area contributed by atoms with Crippen molar-refractivity contribution in [3.05, 3.63) is 77.1 Å². The zero-order valence-electron chi connectivity index (χ0n) is 13.0. The number of carbonyl (C=O) groups excluding carboxylic acids is 1. The van der Waals surface area contributed by atoms with Crippen molar-refractivity contribution >= 4 is 23.7 Å². The van der Waals surface area contributed by atoms with E-state index in [2.05, 4.69) is 11.4 Å². The van der Waals surface area contributed by atoms with Gasteiger partial charge in [0.15, 0.2) is 0 Å². The summed E-state index contributed by atoms with van der Waals surface area (Å²) in [6.45, 7) is 0.514. The van der Waals surface area contributed by atoms with E-state index in [0.717, 1.165) is 17.1 Å². The maximum absolute atomic E-state index is 13.4. The molecular formula is C19H17FN2OS. The minimum atomic E-state index is -0.353. The van der Waals surface area contributed by atoms with Gasteiger partial charge in [-0.3, -0.25) is 4.79 Å². The molecule has 0 saturated heterocycles. The van der Waals surface area contributed by atoms with Crippen molar-refractivity contribution in [3.8, 4) is 6.07 Å². The summed E-state index contributed by atoms with van der Waals surface area (Å²) in [5, 5.41) is 11.8. The van der Waals surface area contributed by atoms with Crippen LogP contribution in [-0.4, -0.2) is 18.2 Å². The summed E-state index contributed by atoms with van der Waals surface area (Å²) in [5.74, 6) is 0.855. The van der Waals surface area contributed by atoms with E-state index in [-0.39, 0.29) is 11.7 Å². The van der Waals surface area contributed by atoms with E-state index in [1.54, 1.807) is 36.0 Å². The molecule has 0 heterocycles. The van der Waals surface area contributed by atoms with Crippen LogP contribution in [0.1, 0.15) is 16.7 Å². The van der Waals surface area contributed by atoms with E-state index in [0.29, 0.717) is 17.7 Å². The topological polar surface area (TPSA) is 52.9 Å². The number of benzene rings is 2. The second-order valence-corrected chi connectivity index (χ2v) is 6.07. The Morgan fingerprint density at radius 3 is 2.75 bits per heavy atom. The molecule has 0 atom stereocenters. The highest BCUT2D eigenvalue weighted by molar-refractivity contribution is 7.98. The summed E-state index contributed by atoms with van der Waals surface area (Å²) in [6, 6.07) is 15.9. The van der Waals surface area contributed by atoms with E-state index in [1.165, 1.54) is 18.2 Å². The van der Waals surface area contributed by atoms with Crippen molar-refractivity contribution in [2.24, 2.45) is 0 Å². The molecule has 0 aromatic heterocycles. The monoisotopic (exact) mass is 340 g/mol. The summed E-state index contributed by atoms with van der Waals surface area (Å²) >= 11 is 1.64. The first-order valence-electron chi connectivity index (χ1n) is 7.47. The highest BCUT2D eigenvalue weighted by Crippen LogP contribution is 2.15. The van der Waals surface area contributed by atoms with Gasteiger partial charge in [0.25, 0.3) is 0 Å². The van der Waals surface area contributed by atoms with Crippen LogP contribution < -0.4 is 5.32 Å². The number of thioether (sulfide) groups is 1. The summed E-state index contributed by atoms with van der Waals surface area (Å²) in [4.78, 5) is 11.7. The van der Waals surface area contributed by atoms with Gasteiger partial charge < -0.3 is 5.32 Å². The minimum Gasteiger partial charge on any atom is -0.352 e. The van der Waals surface area contributed by atoms with E-state index in [1.807, 2.05) is 18.2 Å². The number of rotatable bonds is 7. The fraction of sp³-hybridized carbons (Fsp3) is 0.158. The molecule has 1 N–H and O–H groups in total. The Kier molecular flexibility index (Phi) is 7.06. The van der Waals surface area contributed by atoms with Crippen LogP contribution in [0.2, 0.25) is 0 Å². The Morgan fingerprint density at radius 2 is 1.96 bits per heavy atom. The molecule has 3 nitrogen and oxygen atoms in total. The van der Waals surface area contributed by atoms with Gasteiger partial charge in [0.1, 0.15) is 5.82 Å². The molecule has 0 aliphatic rings. The lowest BCUT2D eigenvalue weighted by Crippen LogP contribution is -2.23. The van der Waals surface area contributed by atoms with E-state index < -0.39 is 0 Å². The lowest BCUT2D eigenvalue weighted by Gasteiger charge is -2.04. The number of carbonyl (C=O) groups is 1. The van der Waals surface area contributed by atoms with Crippen LogP contribution >= 0.6 is 11.8 Å². The van der Waals surface area contributed by atoms with Crippen molar-refractivity contribution in [3.63, 3.8) is 0 Å².